The standard InChI is InChI=1S/C19H22N2O4S/c1-12-10-15-6-4-5-7-16(15)21(12)18(23)14(3)25-17(22)8-9-20-13(2)11-26-19(20)24/h4-7,11-12,14H,8-10H2,1-3H3. The zero-order valence-corrected chi connectivity index (χ0v) is 15.9. The summed E-state index contributed by atoms with van der Waals surface area (Å²) >= 11 is 1.11. The molecule has 1 aromatic carbocycles. The highest BCUT2D eigenvalue weighted by Gasteiger charge is 2.34. The molecule has 1 aliphatic rings. The highest BCUT2D eigenvalue weighted by atomic mass is 32.1. The Bertz CT molecular complexity index is 886. The highest BCUT2D eigenvalue weighted by molar-refractivity contribution is 7.07. The third-order valence-electron chi connectivity index (χ3n) is 4.62. The lowest BCUT2D eigenvalue weighted by molar-refractivity contribution is -0.154. The molecule has 26 heavy (non-hydrogen) atoms. The van der Waals surface area contributed by atoms with Crippen molar-refractivity contribution in [3.8, 4) is 0 Å². The van der Waals surface area contributed by atoms with Crippen molar-refractivity contribution in [2.24, 2.45) is 0 Å². The molecule has 0 aliphatic carbocycles. The lowest BCUT2D eigenvalue weighted by Crippen LogP contribution is -2.43. The predicted molar refractivity (Wildman–Crippen MR) is 101 cm³/mol. The van der Waals surface area contributed by atoms with Gasteiger partial charge in [-0.2, -0.15) is 0 Å². The van der Waals surface area contributed by atoms with Crippen molar-refractivity contribution in [2.45, 2.75) is 52.3 Å². The summed E-state index contributed by atoms with van der Waals surface area (Å²) in [5.74, 6) is -0.705. The van der Waals surface area contributed by atoms with Gasteiger partial charge in [0.15, 0.2) is 6.10 Å². The molecule has 0 radical (unpaired) electrons. The summed E-state index contributed by atoms with van der Waals surface area (Å²) < 4.78 is 6.86. The number of hydrogen-bond donors (Lipinski definition) is 0. The molecule has 0 saturated carbocycles. The van der Waals surface area contributed by atoms with Gasteiger partial charge in [-0.3, -0.25) is 14.4 Å². The van der Waals surface area contributed by atoms with Crippen molar-refractivity contribution < 1.29 is 14.3 Å². The quantitative estimate of drug-likeness (QED) is 0.754. The molecule has 3 rings (SSSR count). The van der Waals surface area contributed by atoms with Gasteiger partial charge in [0.05, 0.1) is 6.42 Å². The Labute approximate surface area is 156 Å². The number of carbonyl (C=O) groups excluding carboxylic acids is 2. The topological polar surface area (TPSA) is 68.6 Å². The number of para-hydroxylation sites is 1. The van der Waals surface area contributed by atoms with E-state index in [9.17, 15) is 14.4 Å². The second-order valence-corrected chi connectivity index (χ2v) is 7.39. The minimum absolute atomic E-state index is 0.0353. The zero-order chi connectivity index (χ0) is 18.8. The molecule has 0 spiro atoms. The molecule has 6 nitrogen and oxygen atoms in total. The van der Waals surface area contributed by atoms with Crippen LogP contribution in [0.1, 0.15) is 31.5 Å². The van der Waals surface area contributed by atoms with E-state index in [2.05, 4.69) is 0 Å². The number of amides is 1. The number of esters is 1. The molecule has 2 atom stereocenters. The third-order valence-corrected chi connectivity index (χ3v) is 5.50. The molecule has 1 aliphatic heterocycles. The molecule has 0 fully saturated rings. The van der Waals surface area contributed by atoms with Gasteiger partial charge in [0.25, 0.3) is 5.91 Å². The van der Waals surface area contributed by atoms with E-state index in [1.165, 1.54) is 4.57 Å². The van der Waals surface area contributed by atoms with Gasteiger partial charge >= 0.3 is 10.8 Å². The number of fused-ring (bicyclic) bond motifs is 1. The van der Waals surface area contributed by atoms with Crippen molar-refractivity contribution in [1.29, 1.82) is 0 Å². The first-order valence-electron chi connectivity index (χ1n) is 8.64. The van der Waals surface area contributed by atoms with Crippen molar-refractivity contribution >= 4 is 28.9 Å². The van der Waals surface area contributed by atoms with E-state index in [0.717, 1.165) is 34.7 Å². The van der Waals surface area contributed by atoms with Crippen LogP contribution in [0, 0.1) is 6.92 Å². The number of aryl methyl sites for hydroxylation is 1. The number of carbonyl (C=O) groups is 2. The van der Waals surface area contributed by atoms with Gasteiger partial charge in [-0.25, -0.2) is 0 Å². The fourth-order valence-electron chi connectivity index (χ4n) is 3.28. The van der Waals surface area contributed by atoms with Crippen LogP contribution >= 0.6 is 11.3 Å². The minimum Gasteiger partial charge on any atom is -0.452 e. The van der Waals surface area contributed by atoms with Crippen molar-refractivity contribution in [2.75, 3.05) is 4.90 Å². The van der Waals surface area contributed by atoms with E-state index < -0.39 is 12.1 Å². The Morgan fingerprint density at radius 2 is 2.08 bits per heavy atom. The van der Waals surface area contributed by atoms with Crippen LogP contribution in [0.25, 0.3) is 0 Å². The monoisotopic (exact) mass is 374 g/mol. The number of ether oxygens (including phenoxy) is 1. The molecule has 1 amide bonds. The summed E-state index contributed by atoms with van der Waals surface area (Å²) in [6, 6.07) is 7.81. The van der Waals surface area contributed by atoms with Crippen LogP contribution in [0.15, 0.2) is 34.4 Å². The Kier molecular flexibility index (Phi) is 5.27. The Hall–Kier alpha value is -2.41. The van der Waals surface area contributed by atoms with Crippen LogP contribution in [0.3, 0.4) is 0 Å². The average molecular weight is 374 g/mol. The van der Waals surface area contributed by atoms with Crippen molar-refractivity contribution in [3.63, 3.8) is 0 Å². The number of aromatic nitrogens is 1. The van der Waals surface area contributed by atoms with Crippen LogP contribution in [0.4, 0.5) is 5.69 Å². The van der Waals surface area contributed by atoms with E-state index in [1.54, 1.807) is 17.2 Å². The molecule has 0 bridgehead atoms. The maximum absolute atomic E-state index is 12.8. The second-order valence-electron chi connectivity index (χ2n) is 6.57. The largest absolute Gasteiger partial charge is 0.452 e. The summed E-state index contributed by atoms with van der Waals surface area (Å²) in [6.07, 6.45) is -0.0131. The van der Waals surface area contributed by atoms with Gasteiger partial charge in [0, 0.05) is 29.3 Å². The SMILES string of the molecule is Cc1csc(=O)n1CCC(=O)OC(C)C(=O)N1c2ccccc2CC1C. The fraction of sp³-hybridized carbons (Fsp3) is 0.421. The van der Waals surface area contributed by atoms with Gasteiger partial charge in [-0.15, -0.1) is 0 Å². The van der Waals surface area contributed by atoms with Gasteiger partial charge in [0.2, 0.25) is 0 Å². The molecule has 2 heterocycles. The molecule has 0 saturated heterocycles. The second kappa shape index (κ2) is 7.45. The molecule has 2 unspecified atom stereocenters. The zero-order valence-electron chi connectivity index (χ0n) is 15.1. The molecule has 138 valence electrons. The van der Waals surface area contributed by atoms with E-state index in [0.29, 0.717) is 0 Å². The predicted octanol–water partition coefficient (Wildman–Crippen LogP) is 2.52. The molecular formula is C19H22N2O4S. The average Bonchev–Trinajstić information content (AvgIpc) is 3.10. The lowest BCUT2D eigenvalue weighted by atomic mass is 10.1. The molecule has 0 N–H and O–H groups in total. The smallest absolute Gasteiger partial charge is 0.308 e. The number of anilines is 1. The third kappa shape index (κ3) is 3.58. The minimum atomic E-state index is -0.864. The number of nitrogens with zero attached hydrogens (tertiary/aromatic N) is 2. The molecular weight excluding hydrogens is 352 g/mol. The van der Waals surface area contributed by atoms with Gasteiger partial charge < -0.3 is 14.2 Å². The first-order valence-corrected chi connectivity index (χ1v) is 9.52. The Morgan fingerprint density at radius 1 is 1.35 bits per heavy atom. The van der Waals surface area contributed by atoms with Crippen molar-refractivity contribution in [3.05, 3.63) is 50.6 Å². The maximum atomic E-state index is 12.8. The fourth-order valence-corrected chi connectivity index (χ4v) is 4.04. The number of thiazole rings is 1. The van der Waals surface area contributed by atoms with E-state index >= 15 is 0 Å². The molecule has 7 heteroatoms. The van der Waals surface area contributed by atoms with Crippen LogP contribution in [0.5, 0.6) is 0 Å². The number of rotatable bonds is 5. The number of benzene rings is 1. The summed E-state index contributed by atoms with van der Waals surface area (Å²) in [6.45, 7) is 5.66. The van der Waals surface area contributed by atoms with Crippen LogP contribution in [0.2, 0.25) is 0 Å². The number of hydrogen-bond acceptors (Lipinski definition) is 5. The summed E-state index contributed by atoms with van der Waals surface area (Å²) in [4.78, 5) is 38.2. The van der Waals surface area contributed by atoms with E-state index in [1.807, 2.05) is 38.1 Å². The summed E-state index contributed by atoms with van der Waals surface area (Å²) in [7, 11) is 0. The maximum Gasteiger partial charge on any atom is 0.308 e. The van der Waals surface area contributed by atoms with Crippen LogP contribution in [-0.4, -0.2) is 28.6 Å². The van der Waals surface area contributed by atoms with Crippen LogP contribution < -0.4 is 9.77 Å². The Morgan fingerprint density at radius 3 is 2.77 bits per heavy atom. The first-order chi connectivity index (χ1) is 12.4. The van der Waals surface area contributed by atoms with E-state index in [4.69, 9.17) is 4.74 Å². The molecule has 1 aromatic heterocycles. The van der Waals surface area contributed by atoms with Crippen LogP contribution in [-0.2, 0) is 27.3 Å². The van der Waals surface area contributed by atoms with Gasteiger partial charge in [-0.1, -0.05) is 29.5 Å². The highest BCUT2D eigenvalue weighted by Crippen LogP contribution is 2.32. The van der Waals surface area contributed by atoms with E-state index in [-0.39, 0.29) is 29.8 Å². The lowest BCUT2D eigenvalue weighted by Gasteiger charge is -2.26. The Balaban J connectivity index is 1.61. The first kappa shape index (κ1) is 18.4. The van der Waals surface area contributed by atoms with Gasteiger partial charge in [-0.05, 0) is 38.8 Å². The summed E-state index contributed by atoms with van der Waals surface area (Å²) in [5.41, 5.74) is 2.83. The normalized spacial score (nSPS) is 17.0. The molecule has 2 aromatic rings. The van der Waals surface area contributed by atoms with Gasteiger partial charge in [0.1, 0.15) is 0 Å². The van der Waals surface area contributed by atoms with Crippen molar-refractivity contribution in [1.82, 2.24) is 4.57 Å². The summed E-state index contributed by atoms with van der Waals surface area (Å²) in [5, 5.41) is 1.76.